The zero-order valence-electron chi connectivity index (χ0n) is 15.1. The zero-order valence-corrected chi connectivity index (χ0v) is 15.1. The van der Waals surface area contributed by atoms with E-state index < -0.39 is 5.97 Å². The molecule has 1 N–H and O–H groups in total. The molecule has 0 saturated carbocycles. The molecule has 0 spiro atoms. The third-order valence-electron chi connectivity index (χ3n) is 4.85. The second kappa shape index (κ2) is 6.75. The maximum absolute atomic E-state index is 12.4. The molecule has 0 aliphatic heterocycles. The van der Waals surface area contributed by atoms with Crippen LogP contribution in [0.5, 0.6) is 0 Å². The van der Waals surface area contributed by atoms with Crippen LogP contribution in [0, 0.1) is 0 Å². The molecule has 0 aromatic heterocycles. The number of methoxy groups -OCH3 is 1. The van der Waals surface area contributed by atoms with E-state index in [1.165, 1.54) is 7.11 Å². The van der Waals surface area contributed by atoms with Gasteiger partial charge in [-0.25, -0.2) is 4.79 Å². The molecule has 5 nitrogen and oxygen atoms in total. The van der Waals surface area contributed by atoms with E-state index in [0.717, 1.165) is 12.0 Å². The second-order valence-electron chi connectivity index (χ2n) is 7.09. The molecule has 1 aliphatic carbocycles. The van der Waals surface area contributed by atoms with Gasteiger partial charge >= 0.3 is 5.97 Å². The van der Waals surface area contributed by atoms with Crippen molar-refractivity contribution in [1.82, 2.24) is 0 Å². The number of carbonyl (C=O) groups excluding carboxylic acids is 3. The van der Waals surface area contributed by atoms with Gasteiger partial charge in [-0.05, 0) is 53.8 Å². The molecule has 0 saturated heterocycles. The molecule has 0 atom stereocenters. The van der Waals surface area contributed by atoms with E-state index in [0.29, 0.717) is 28.8 Å². The molecule has 2 aromatic rings. The first-order valence-electron chi connectivity index (χ1n) is 8.49. The van der Waals surface area contributed by atoms with Gasteiger partial charge in [-0.15, -0.1) is 0 Å². The van der Waals surface area contributed by atoms with Crippen LogP contribution in [0.2, 0.25) is 0 Å². The highest BCUT2D eigenvalue weighted by Gasteiger charge is 2.31. The molecule has 0 unspecified atom stereocenters. The summed E-state index contributed by atoms with van der Waals surface area (Å²) in [6.45, 7) is 4.25. The number of ketones is 1. The van der Waals surface area contributed by atoms with Crippen molar-refractivity contribution in [2.45, 2.75) is 32.1 Å². The summed E-state index contributed by atoms with van der Waals surface area (Å²) in [4.78, 5) is 36.1. The number of amides is 1. The minimum Gasteiger partial charge on any atom is -0.465 e. The van der Waals surface area contributed by atoms with Gasteiger partial charge in [0, 0.05) is 23.2 Å². The predicted molar refractivity (Wildman–Crippen MR) is 98.8 cm³/mol. The fraction of sp³-hybridized carbons (Fsp3) is 0.286. The topological polar surface area (TPSA) is 72.5 Å². The fourth-order valence-electron chi connectivity index (χ4n) is 3.22. The quantitative estimate of drug-likeness (QED) is 0.849. The predicted octanol–water partition coefficient (Wildman–Crippen LogP) is 3.98. The van der Waals surface area contributed by atoms with Gasteiger partial charge in [-0.2, -0.15) is 0 Å². The van der Waals surface area contributed by atoms with E-state index >= 15 is 0 Å². The number of hydrogen-bond donors (Lipinski definition) is 1. The van der Waals surface area contributed by atoms with E-state index in [9.17, 15) is 14.4 Å². The summed E-state index contributed by atoms with van der Waals surface area (Å²) in [5.74, 6) is -0.644. The lowest BCUT2D eigenvalue weighted by atomic mass is 9.72. The van der Waals surface area contributed by atoms with Crippen LogP contribution in [-0.4, -0.2) is 24.8 Å². The van der Waals surface area contributed by atoms with Gasteiger partial charge in [-0.1, -0.05) is 19.9 Å². The van der Waals surface area contributed by atoms with Crippen molar-refractivity contribution in [3.63, 3.8) is 0 Å². The summed E-state index contributed by atoms with van der Waals surface area (Å²) in [7, 11) is 1.31. The third-order valence-corrected chi connectivity index (χ3v) is 4.85. The minimum atomic E-state index is -0.451. The molecule has 2 aromatic carbocycles. The van der Waals surface area contributed by atoms with E-state index in [4.69, 9.17) is 0 Å². The van der Waals surface area contributed by atoms with Gasteiger partial charge in [0.2, 0.25) is 0 Å². The highest BCUT2D eigenvalue weighted by molar-refractivity contribution is 6.06. The monoisotopic (exact) mass is 351 g/mol. The first kappa shape index (κ1) is 17.9. The smallest absolute Gasteiger partial charge is 0.337 e. The van der Waals surface area contributed by atoms with Crippen molar-refractivity contribution < 1.29 is 19.1 Å². The van der Waals surface area contributed by atoms with Gasteiger partial charge in [0.25, 0.3) is 5.91 Å². The molecule has 134 valence electrons. The molecular formula is C21H21NO4. The van der Waals surface area contributed by atoms with Gasteiger partial charge in [0.05, 0.1) is 12.7 Å². The molecule has 5 heteroatoms. The van der Waals surface area contributed by atoms with Crippen molar-refractivity contribution in [2.75, 3.05) is 12.4 Å². The van der Waals surface area contributed by atoms with Gasteiger partial charge in [-0.3, -0.25) is 9.59 Å². The lowest BCUT2D eigenvalue weighted by molar-refractivity contribution is 0.0600. The molecule has 3 rings (SSSR count). The van der Waals surface area contributed by atoms with Crippen LogP contribution in [0.4, 0.5) is 5.69 Å². The summed E-state index contributed by atoms with van der Waals surface area (Å²) in [6, 6.07) is 11.7. The Hall–Kier alpha value is -2.95. The molecule has 0 fully saturated rings. The van der Waals surface area contributed by atoms with Crippen molar-refractivity contribution in [3.05, 3.63) is 64.7 Å². The number of rotatable bonds is 3. The number of fused-ring (bicyclic) bond motifs is 1. The first-order valence-corrected chi connectivity index (χ1v) is 8.49. The summed E-state index contributed by atoms with van der Waals surface area (Å²) < 4.78 is 4.64. The van der Waals surface area contributed by atoms with E-state index in [2.05, 4.69) is 23.9 Å². The van der Waals surface area contributed by atoms with Gasteiger partial charge in [0.1, 0.15) is 0 Å². The number of esters is 1. The van der Waals surface area contributed by atoms with E-state index in [1.54, 1.807) is 30.3 Å². The summed E-state index contributed by atoms with van der Waals surface area (Å²) in [5.41, 5.74) is 3.04. The van der Waals surface area contributed by atoms with E-state index in [-0.39, 0.29) is 17.1 Å². The molecule has 1 aliphatic rings. The highest BCUT2D eigenvalue weighted by Crippen LogP contribution is 2.37. The number of Topliss-reactive ketones (excluding diaryl/α,β-unsaturated/α-hetero) is 1. The van der Waals surface area contributed by atoms with Gasteiger partial charge < -0.3 is 10.1 Å². The lowest BCUT2D eigenvalue weighted by Gasteiger charge is -2.31. The van der Waals surface area contributed by atoms with Crippen molar-refractivity contribution in [1.29, 1.82) is 0 Å². The Balaban J connectivity index is 1.81. The average molecular weight is 351 g/mol. The highest BCUT2D eigenvalue weighted by atomic mass is 16.5. The Labute approximate surface area is 152 Å². The Morgan fingerprint density at radius 2 is 1.69 bits per heavy atom. The number of ether oxygens (including phenoxy) is 1. The van der Waals surface area contributed by atoms with Crippen LogP contribution in [0.25, 0.3) is 0 Å². The van der Waals surface area contributed by atoms with Gasteiger partial charge in [0.15, 0.2) is 5.78 Å². The van der Waals surface area contributed by atoms with Crippen LogP contribution in [-0.2, 0) is 10.2 Å². The molecule has 26 heavy (non-hydrogen) atoms. The summed E-state index contributed by atoms with van der Waals surface area (Å²) in [5, 5.41) is 2.81. The largest absolute Gasteiger partial charge is 0.465 e. The lowest BCUT2D eigenvalue weighted by Crippen LogP contribution is -2.27. The van der Waals surface area contributed by atoms with Crippen molar-refractivity contribution in [3.8, 4) is 0 Å². The Bertz CT molecular complexity index is 881. The minimum absolute atomic E-state index is 0.0461. The van der Waals surface area contributed by atoms with E-state index in [1.807, 2.05) is 12.1 Å². The Morgan fingerprint density at radius 3 is 2.35 bits per heavy atom. The Morgan fingerprint density at radius 1 is 1.04 bits per heavy atom. The van der Waals surface area contributed by atoms with Crippen LogP contribution in [0.15, 0.2) is 42.5 Å². The SMILES string of the molecule is COC(=O)c1ccc(C(=O)Nc2ccc3c(c2)C(=O)CCC3(C)C)cc1. The number of carbonyl (C=O) groups is 3. The third kappa shape index (κ3) is 3.38. The molecule has 0 heterocycles. The summed E-state index contributed by atoms with van der Waals surface area (Å²) >= 11 is 0. The van der Waals surface area contributed by atoms with Crippen LogP contribution in [0.1, 0.15) is 63.3 Å². The summed E-state index contributed by atoms with van der Waals surface area (Å²) in [6.07, 6.45) is 1.35. The molecule has 0 radical (unpaired) electrons. The van der Waals surface area contributed by atoms with Crippen LogP contribution in [0.3, 0.4) is 0 Å². The normalized spacial score (nSPS) is 15.1. The zero-order chi connectivity index (χ0) is 18.9. The average Bonchev–Trinajstić information content (AvgIpc) is 2.64. The second-order valence-corrected chi connectivity index (χ2v) is 7.09. The standard InChI is InChI=1S/C21H21NO4/c1-21(2)11-10-18(23)16-12-15(8-9-17(16)21)22-19(24)13-4-6-14(7-5-13)20(25)26-3/h4-9,12H,10-11H2,1-3H3,(H,22,24). The van der Waals surface area contributed by atoms with Crippen LogP contribution < -0.4 is 5.32 Å². The van der Waals surface area contributed by atoms with Crippen LogP contribution >= 0.6 is 0 Å². The number of benzene rings is 2. The molecule has 1 amide bonds. The maximum atomic E-state index is 12.4. The number of anilines is 1. The Kier molecular flexibility index (Phi) is 4.64. The van der Waals surface area contributed by atoms with Crippen molar-refractivity contribution in [2.24, 2.45) is 0 Å². The van der Waals surface area contributed by atoms with Crippen molar-refractivity contribution >= 4 is 23.3 Å². The molecule has 0 bridgehead atoms. The number of hydrogen-bond acceptors (Lipinski definition) is 4. The fourth-order valence-corrected chi connectivity index (χ4v) is 3.22. The maximum Gasteiger partial charge on any atom is 0.337 e. The number of nitrogens with one attached hydrogen (secondary N) is 1. The first-order chi connectivity index (χ1) is 12.3. The molecular weight excluding hydrogens is 330 g/mol.